The lowest BCUT2D eigenvalue weighted by Gasteiger charge is -2.39. The van der Waals surface area contributed by atoms with E-state index in [1.54, 1.807) is 41.3 Å². The third kappa shape index (κ3) is 4.56. The van der Waals surface area contributed by atoms with E-state index >= 15 is 0 Å². The van der Waals surface area contributed by atoms with Crippen molar-refractivity contribution in [2.24, 2.45) is 11.8 Å². The lowest BCUT2D eigenvalue weighted by Crippen LogP contribution is -2.59. The number of unbranched alkanes of at least 4 members (excludes halogenated alkanes) is 1. The molecule has 206 valence electrons. The molecule has 0 saturated carbocycles. The number of fused-ring (bicyclic) bond motifs is 1. The molecule has 3 aliphatic heterocycles. The van der Waals surface area contributed by atoms with Crippen LogP contribution in [0, 0.1) is 11.8 Å². The topological polar surface area (TPSA) is 96.4 Å². The predicted octanol–water partition coefficient (Wildman–Crippen LogP) is 3.90. The molecule has 6 atom stereocenters. The highest BCUT2D eigenvalue weighted by molar-refractivity contribution is 6.30. The average Bonchev–Trinajstić information content (AvgIpc) is 3.47. The maximum atomic E-state index is 14.4. The van der Waals surface area contributed by atoms with Crippen LogP contribution in [-0.4, -0.2) is 70.8 Å². The van der Waals surface area contributed by atoms with Crippen LogP contribution in [0.4, 0.5) is 5.69 Å². The third-order valence-electron chi connectivity index (χ3n) is 8.29. The number of ether oxygens (including phenoxy) is 2. The number of allylic oxidation sites excluding steroid dienone is 1. The Morgan fingerprint density at radius 1 is 1.29 bits per heavy atom. The minimum absolute atomic E-state index is 0.196. The number of carbonyl (C=O) groups excluding carboxylic acids is 3. The number of carbonyl (C=O) groups is 3. The van der Waals surface area contributed by atoms with Crippen LogP contribution in [0.5, 0.6) is 0 Å². The van der Waals surface area contributed by atoms with Crippen LogP contribution in [0.15, 0.2) is 49.6 Å². The van der Waals surface area contributed by atoms with Gasteiger partial charge in [-0.15, -0.1) is 13.2 Å². The Morgan fingerprint density at radius 3 is 2.61 bits per heavy atom. The summed E-state index contributed by atoms with van der Waals surface area (Å²) in [5.41, 5.74) is -1.53. The highest BCUT2D eigenvalue weighted by atomic mass is 35.5. The molecule has 0 aromatic heterocycles. The Hall–Kier alpha value is -2.68. The van der Waals surface area contributed by atoms with Crippen LogP contribution < -0.4 is 4.90 Å². The van der Waals surface area contributed by atoms with Gasteiger partial charge in [0.1, 0.15) is 17.6 Å². The van der Waals surface area contributed by atoms with Crippen molar-refractivity contribution in [1.82, 2.24) is 4.90 Å². The van der Waals surface area contributed by atoms with Gasteiger partial charge in [-0.25, -0.2) is 0 Å². The SMILES string of the molecule is C=CCCCOC(=O)[C@@H]1[C@H]2C(=O)N([C@@H](CC)CO)C(C(=O)N(CC=C)c3ccc(Cl)cc3)C23CC[C@@]1(C)O3. The molecule has 2 amide bonds. The number of benzene rings is 1. The standard InChI is InChI=1S/C29H37ClN2O6/c1-5-8-9-17-37-27(36)23-22-25(34)32(20(7-3)18-33)24(29(22)15-14-28(23,4)38-29)26(35)31(16-6-2)21-12-10-19(30)11-13-21/h5-6,10-13,20,22-24,33H,1-2,7-9,14-18H2,3-4H3/t20-,22-,23-,24?,28+,29?/m0/s1. The Bertz CT molecular complexity index is 1090. The van der Waals surface area contributed by atoms with Crippen molar-refractivity contribution in [3.63, 3.8) is 0 Å². The van der Waals surface area contributed by atoms with Gasteiger partial charge in [-0.05, 0) is 63.3 Å². The van der Waals surface area contributed by atoms with Crippen molar-refractivity contribution >= 4 is 35.1 Å². The van der Waals surface area contributed by atoms with E-state index in [9.17, 15) is 19.5 Å². The summed E-state index contributed by atoms with van der Waals surface area (Å²) in [6.07, 6.45) is 6.11. The summed E-state index contributed by atoms with van der Waals surface area (Å²) in [6.45, 7) is 11.3. The number of halogens is 1. The fourth-order valence-corrected chi connectivity index (χ4v) is 6.64. The summed E-state index contributed by atoms with van der Waals surface area (Å²) in [5, 5.41) is 10.8. The smallest absolute Gasteiger partial charge is 0.312 e. The number of hydrogen-bond donors (Lipinski definition) is 1. The summed E-state index contributed by atoms with van der Waals surface area (Å²) in [6, 6.07) is 5.24. The first-order chi connectivity index (χ1) is 18.2. The van der Waals surface area contributed by atoms with Crippen LogP contribution >= 0.6 is 11.6 Å². The molecule has 1 N–H and O–H groups in total. The number of rotatable bonds is 12. The quantitative estimate of drug-likeness (QED) is 0.243. The monoisotopic (exact) mass is 544 g/mol. The molecule has 4 rings (SSSR count). The van der Waals surface area contributed by atoms with Crippen LogP contribution in [0.2, 0.25) is 5.02 Å². The molecule has 3 fully saturated rings. The minimum atomic E-state index is -1.21. The van der Waals surface area contributed by atoms with Gasteiger partial charge < -0.3 is 24.4 Å². The van der Waals surface area contributed by atoms with Crippen LogP contribution in [0.25, 0.3) is 0 Å². The number of nitrogens with zero attached hydrogens (tertiary/aromatic N) is 2. The number of aliphatic hydroxyl groups excluding tert-OH is 1. The largest absolute Gasteiger partial charge is 0.465 e. The molecular weight excluding hydrogens is 508 g/mol. The molecule has 1 aromatic rings. The first-order valence-corrected chi connectivity index (χ1v) is 13.7. The molecule has 3 heterocycles. The maximum Gasteiger partial charge on any atom is 0.312 e. The fourth-order valence-electron chi connectivity index (χ4n) is 6.52. The van der Waals surface area contributed by atoms with Gasteiger partial charge >= 0.3 is 5.97 Å². The molecule has 8 nitrogen and oxygen atoms in total. The molecule has 0 radical (unpaired) electrons. The lowest BCUT2D eigenvalue weighted by atomic mass is 9.66. The third-order valence-corrected chi connectivity index (χ3v) is 8.54. The van der Waals surface area contributed by atoms with Gasteiger partial charge in [0.05, 0.1) is 30.8 Å². The maximum absolute atomic E-state index is 14.4. The predicted molar refractivity (Wildman–Crippen MR) is 145 cm³/mol. The fraction of sp³-hybridized carbons (Fsp3) is 0.552. The molecule has 3 aliphatic rings. The molecule has 38 heavy (non-hydrogen) atoms. The van der Waals surface area contributed by atoms with E-state index in [1.807, 2.05) is 13.8 Å². The normalized spacial score (nSPS) is 30.2. The highest BCUT2D eigenvalue weighted by Gasteiger charge is 2.79. The van der Waals surface area contributed by atoms with Gasteiger partial charge in [0.25, 0.3) is 5.91 Å². The van der Waals surface area contributed by atoms with Crippen molar-refractivity contribution in [2.75, 3.05) is 24.7 Å². The van der Waals surface area contributed by atoms with Crippen molar-refractivity contribution in [2.45, 2.75) is 69.2 Å². The van der Waals surface area contributed by atoms with Gasteiger partial charge in [0, 0.05) is 17.3 Å². The molecule has 3 saturated heterocycles. The molecule has 1 spiro atoms. The summed E-state index contributed by atoms with van der Waals surface area (Å²) >= 11 is 6.09. The zero-order valence-electron chi connectivity index (χ0n) is 22.1. The second kappa shape index (κ2) is 11.2. The van der Waals surface area contributed by atoms with E-state index in [0.29, 0.717) is 42.8 Å². The van der Waals surface area contributed by atoms with Crippen LogP contribution in [0.3, 0.4) is 0 Å². The van der Waals surface area contributed by atoms with Crippen LogP contribution in [-0.2, 0) is 23.9 Å². The molecule has 2 bridgehead atoms. The van der Waals surface area contributed by atoms with E-state index in [0.717, 1.165) is 0 Å². The summed E-state index contributed by atoms with van der Waals surface area (Å²) < 4.78 is 12.2. The highest BCUT2D eigenvalue weighted by Crippen LogP contribution is 2.63. The zero-order valence-corrected chi connectivity index (χ0v) is 22.9. The molecule has 2 unspecified atom stereocenters. The second-order valence-corrected chi connectivity index (χ2v) is 11.0. The Kier molecular flexibility index (Phi) is 8.35. The Balaban J connectivity index is 1.76. The molecule has 1 aromatic carbocycles. The van der Waals surface area contributed by atoms with Gasteiger partial charge in [0.2, 0.25) is 5.91 Å². The van der Waals surface area contributed by atoms with Crippen molar-refractivity contribution in [3.05, 3.63) is 54.6 Å². The number of esters is 1. The molecule has 0 aliphatic carbocycles. The molecular formula is C29H37ClN2O6. The van der Waals surface area contributed by atoms with E-state index in [1.165, 1.54) is 4.90 Å². The average molecular weight is 545 g/mol. The number of aliphatic hydroxyl groups is 1. The Morgan fingerprint density at radius 2 is 2.00 bits per heavy atom. The first-order valence-electron chi connectivity index (χ1n) is 13.3. The summed E-state index contributed by atoms with van der Waals surface area (Å²) in [5.74, 6) is -2.90. The minimum Gasteiger partial charge on any atom is -0.465 e. The molecule has 9 heteroatoms. The van der Waals surface area contributed by atoms with Crippen molar-refractivity contribution in [3.8, 4) is 0 Å². The number of likely N-dealkylation sites (tertiary alicyclic amines) is 1. The summed E-state index contributed by atoms with van der Waals surface area (Å²) in [7, 11) is 0. The van der Waals surface area contributed by atoms with E-state index < -0.39 is 41.1 Å². The van der Waals surface area contributed by atoms with E-state index in [-0.39, 0.29) is 31.6 Å². The van der Waals surface area contributed by atoms with Crippen molar-refractivity contribution < 1.29 is 29.0 Å². The summed E-state index contributed by atoms with van der Waals surface area (Å²) in [4.78, 5) is 45.0. The van der Waals surface area contributed by atoms with E-state index in [2.05, 4.69) is 13.2 Å². The number of anilines is 1. The van der Waals surface area contributed by atoms with Crippen LogP contribution in [0.1, 0.15) is 46.0 Å². The first kappa shape index (κ1) is 28.3. The number of amides is 2. The van der Waals surface area contributed by atoms with Gasteiger partial charge in [0.15, 0.2) is 0 Å². The zero-order chi connectivity index (χ0) is 27.7. The Labute approximate surface area is 229 Å². The van der Waals surface area contributed by atoms with E-state index in [4.69, 9.17) is 21.1 Å². The van der Waals surface area contributed by atoms with Gasteiger partial charge in [-0.3, -0.25) is 14.4 Å². The van der Waals surface area contributed by atoms with Gasteiger partial charge in [-0.2, -0.15) is 0 Å². The van der Waals surface area contributed by atoms with Crippen molar-refractivity contribution in [1.29, 1.82) is 0 Å². The van der Waals surface area contributed by atoms with Gasteiger partial charge in [-0.1, -0.05) is 30.7 Å². The second-order valence-electron chi connectivity index (χ2n) is 10.5. The number of hydrogen-bond acceptors (Lipinski definition) is 6. The lowest BCUT2D eigenvalue weighted by molar-refractivity contribution is -0.160.